The van der Waals surface area contributed by atoms with E-state index in [2.05, 4.69) is 9.97 Å². The van der Waals surface area contributed by atoms with E-state index < -0.39 is 0 Å². The highest BCUT2D eigenvalue weighted by Gasteiger charge is 1.95. The van der Waals surface area contributed by atoms with Crippen LogP contribution in [0.5, 0.6) is 0 Å². The van der Waals surface area contributed by atoms with Crippen LogP contribution in [0.4, 0.5) is 0 Å². The van der Waals surface area contributed by atoms with Crippen LogP contribution in [0.15, 0.2) is 11.0 Å². The number of aldehydes is 1. The first-order chi connectivity index (χ1) is 4.74. The largest absolute Gasteiger partial charge is 0.310 e. The standard InChI is InChI=1S/C6H6N2O2/c1-4-7-2-5(3-9)6(10)8-4/h2-3H,1H3,(H,7,8,10). The van der Waals surface area contributed by atoms with Gasteiger partial charge in [0.15, 0.2) is 6.29 Å². The molecule has 0 aliphatic rings. The van der Waals surface area contributed by atoms with Crippen LogP contribution >= 0.6 is 0 Å². The summed E-state index contributed by atoms with van der Waals surface area (Å²) in [4.78, 5) is 26.9. The van der Waals surface area contributed by atoms with Gasteiger partial charge in [-0.1, -0.05) is 0 Å². The molecule has 1 aromatic heterocycles. The van der Waals surface area contributed by atoms with Gasteiger partial charge < -0.3 is 4.98 Å². The van der Waals surface area contributed by atoms with E-state index in [0.717, 1.165) is 0 Å². The van der Waals surface area contributed by atoms with Crippen LogP contribution in [0.2, 0.25) is 0 Å². The Morgan fingerprint density at radius 2 is 2.40 bits per heavy atom. The van der Waals surface area contributed by atoms with Gasteiger partial charge in [0, 0.05) is 6.20 Å². The monoisotopic (exact) mass is 138 g/mol. The van der Waals surface area contributed by atoms with Gasteiger partial charge in [0.05, 0.1) is 5.56 Å². The number of hydrogen-bond donors (Lipinski definition) is 1. The van der Waals surface area contributed by atoms with Crippen LogP contribution in [0.1, 0.15) is 16.2 Å². The number of aromatic nitrogens is 2. The first kappa shape index (κ1) is 6.67. The highest BCUT2D eigenvalue weighted by Crippen LogP contribution is 1.82. The summed E-state index contributed by atoms with van der Waals surface area (Å²) in [6, 6.07) is 0. The maximum Gasteiger partial charge on any atom is 0.261 e. The molecule has 0 aromatic carbocycles. The van der Waals surface area contributed by atoms with Crippen LogP contribution in [-0.4, -0.2) is 16.3 Å². The van der Waals surface area contributed by atoms with Gasteiger partial charge in [0.1, 0.15) is 5.82 Å². The van der Waals surface area contributed by atoms with E-state index in [-0.39, 0.29) is 11.1 Å². The summed E-state index contributed by atoms with van der Waals surface area (Å²) >= 11 is 0. The topological polar surface area (TPSA) is 62.8 Å². The molecular formula is C6H6N2O2. The molecule has 10 heavy (non-hydrogen) atoms. The second-order valence-electron chi connectivity index (χ2n) is 1.87. The Balaban J connectivity index is 3.33. The lowest BCUT2D eigenvalue weighted by atomic mass is 10.4. The second-order valence-corrected chi connectivity index (χ2v) is 1.87. The molecule has 0 atom stereocenters. The van der Waals surface area contributed by atoms with Crippen molar-refractivity contribution in [3.8, 4) is 0 Å². The molecule has 1 rings (SSSR count). The molecule has 1 aromatic rings. The Bertz CT molecular complexity index is 303. The molecule has 0 radical (unpaired) electrons. The predicted octanol–water partition coefficient (Wildman–Crippen LogP) is -0.109. The maximum atomic E-state index is 10.7. The van der Waals surface area contributed by atoms with Gasteiger partial charge in [-0.15, -0.1) is 0 Å². The molecule has 0 unspecified atom stereocenters. The molecule has 0 saturated carbocycles. The van der Waals surface area contributed by atoms with Gasteiger partial charge in [0.25, 0.3) is 5.56 Å². The van der Waals surface area contributed by atoms with Crippen LogP contribution in [0.25, 0.3) is 0 Å². The van der Waals surface area contributed by atoms with E-state index >= 15 is 0 Å². The molecule has 0 saturated heterocycles. The van der Waals surface area contributed by atoms with Crippen molar-refractivity contribution in [1.29, 1.82) is 0 Å². The van der Waals surface area contributed by atoms with Gasteiger partial charge in [-0.05, 0) is 6.92 Å². The molecule has 1 heterocycles. The molecular weight excluding hydrogens is 132 g/mol. The zero-order chi connectivity index (χ0) is 7.56. The highest BCUT2D eigenvalue weighted by atomic mass is 16.1. The summed E-state index contributed by atoms with van der Waals surface area (Å²) in [5.41, 5.74) is -0.326. The Labute approximate surface area is 56.9 Å². The Hall–Kier alpha value is -1.45. The lowest BCUT2D eigenvalue weighted by Gasteiger charge is -1.89. The summed E-state index contributed by atoms with van der Waals surface area (Å²) in [6.07, 6.45) is 1.73. The molecule has 0 aliphatic carbocycles. The second kappa shape index (κ2) is 2.43. The fourth-order valence-corrected chi connectivity index (χ4v) is 0.578. The van der Waals surface area contributed by atoms with Crippen molar-refractivity contribution in [1.82, 2.24) is 9.97 Å². The van der Waals surface area contributed by atoms with Crippen molar-refractivity contribution >= 4 is 6.29 Å². The van der Waals surface area contributed by atoms with Gasteiger partial charge in [-0.25, -0.2) is 4.98 Å². The quantitative estimate of drug-likeness (QED) is 0.551. The molecule has 0 fully saturated rings. The Kier molecular flexibility index (Phi) is 1.62. The van der Waals surface area contributed by atoms with Crippen molar-refractivity contribution in [2.75, 3.05) is 0 Å². The minimum absolute atomic E-state index is 0.0607. The SMILES string of the molecule is Cc1ncc(C=O)c(=O)[nH]1. The minimum atomic E-state index is -0.387. The van der Waals surface area contributed by atoms with Gasteiger partial charge in [0.2, 0.25) is 0 Å². The number of nitrogens with one attached hydrogen (secondary N) is 1. The summed E-state index contributed by atoms with van der Waals surface area (Å²) in [7, 11) is 0. The molecule has 1 N–H and O–H groups in total. The van der Waals surface area contributed by atoms with Crippen molar-refractivity contribution in [3.05, 3.63) is 27.9 Å². The summed E-state index contributed by atoms with van der Waals surface area (Å²) in [5.74, 6) is 0.510. The average Bonchev–Trinajstić information content (AvgIpc) is 1.88. The van der Waals surface area contributed by atoms with Crippen LogP contribution in [0.3, 0.4) is 0 Å². The first-order valence-electron chi connectivity index (χ1n) is 2.75. The fourth-order valence-electron chi connectivity index (χ4n) is 0.578. The summed E-state index contributed by atoms with van der Waals surface area (Å²) < 4.78 is 0. The molecule has 4 heteroatoms. The lowest BCUT2D eigenvalue weighted by molar-refractivity contribution is 0.112. The minimum Gasteiger partial charge on any atom is -0.310 e. The number of hydrogen-bond acceptors (Lipinski definition) is 3. The Morgan fingerprint density at radius 3 is 2.90 bits per heavy atom. The average molecular weight is 138 g/mol. The van der Waals surface area contributed by atoms with Crippen LogP contribution < -0.4 is 5.56 Å². The Morgan fingerprint density at radius 1 is 1.70 bits per heavy atom. The summed E-state index contributed by atoms with van der Waals surface area (Å²) in [6.45, 7) is 1.65. The predicted molar refractivity (Wildman–Crippen MR) is 35.0 cm³/mol. The van der Waals surface area contributed by atoms with E-state index in [1.165, 1.54) is 6.20 Å². The van der Waals surface area contributed by atoms with Crippen LogP contribution in [-0.2, 0) is 0 Å². The van der Waals surface area contributed by atoms with Gasteiger partial charge in [-0.2, -0.15) is 0 Å². The number of H-pyrrole nitrogens is 1. The molecule has 0 bridgehead atoms. The number of nitrogens with zero attached hydrogens (tertiary/aromatic N) is 1. The van der Waals surface area contributed by atoms with Crippen molar-refractivity contribution in [2.24, 2.45) is 0 Å². The number of aromatic amines is 1. The van der Waals surface area contributed by atoms with E-state index in [4.69, 9.17) is 0 Å². The van der Waals surface area contributed by atoms with E-state index in [0.29, 0.717) is 12.1 Å². The third-order valence-electron chi connectivity index (χ3n) is 1.08. The number of carbonyl (C=O) groups excluding carboxylic acids is 1. The van der Waals surface area contributed by atoms with Crippen LogP contribution in [0, 0.1) is 6.92 Å². The smallest absolute Gasteiger partial charge is 0.261 e. The number of carbonyl (C=O) groups is 1. The number of rotatable bonds is 1. The zero-order valence-electron chi connectivity index (χ0n) is 5.42. The van der Waals surface area contributed by atoms with Crippen molar-refractivity contribution in [3.63, 3.8) is 0 Å². The molecule has 4 nitrogen and oxygen atoms in total. The third kappa shape index (κ3) is 1.10. The molecule has 0 spiro atoms. The first-order valence-corrected chi connectivity index (χ1v) is 2.75. The van der Waals surface area contributed by atoms with E-state index in [9.17, 15) is 9.59 Å². The molecule has 0 aliphatic heterocycles. The normalized spacial score (nSPS) is 9.30. The fraction of sp³-hybridized carbons (Fsp3) is 0.167. The highest BCUT2D eigenvalue weighted by molar-refractivity contribution is 5.73. The lowest BCUT2D eigenvalue weighted by Crippen LogP contribution is -2.13. The molecule has 52 valence electrons. The van der Waals surface area contributed by atoms with Crippen molar-refractivity contribution in [2.45, 2.75) is 6.92 Å². The summed E-state index contributed by atoms with van der Waals surface area (Å²) in [5, 5.41) is 0. The van der Waals surface area contributed by atoms with Gasteiger partial charge in [-0.3, -0.25) is 9.59 Å². The van der Waals surface area contributed by atoms with E-state index in [1.807, 2.05) is 0 Å². The third-order valence-corrected chi connectivity index (χ3v) is 1.08. The molecule has 0 amide bonds. The maximum absolute atomic E-state index is 10.7. The number of aryl methyl sites for hydroxylation is 1. The van der Waals surface area contributed by atoms with Gasteiger partial charge >= 0.3 is 0 Å². The zero-order valence-corrected chi connectivity index (χ0v) is 5.42. The van der Waals surface area contributed by atoms with E-state index in [1.54, 1.807) is 6.92 Å². The van der Waals surface area contributed by atoms with Crippen molar-refractivity contribution < 1.29 is 4.79 Å².